The van der Waals surface area contributed by atoms with Crippen molar-refractivity contribution in [2.45, 2.75) is 13.3 Å². The number of hydrogen-bond donors (Lipinski definition) is 2. The number of nitrogens with one attached hydrogen (secondary N) is 2. The molecule has 2 aromatic carbocycles. The Morgan fingerprint density at radius 1 is 1.00 bits per heavy atom. The average molecular weight is 377 g/mol. The van der Waals surface area contributed by atoms with E-state index in [2.05, 4.69) is 15.6 Å². The zero-order valence-electron chi connectivity index (χ0n) is 15.4. The quantitative estimate of drug-likeness (QED) is 0.607. The molecule has 0 aliphatic heterocycles. The Bertz CT molecular complexity index is 987. The number of Topliss-reactive ketones (excluding diaryl/α,β-unsaturated/α-hetero) is 1. The van der Waals surface area contributed by atoms with Crippen molar-refractivity contribution in [3.8, 4) is 0 Å². The summed E-state index contributed by atoms with van der Waals surface area (Å²) in [5.41, 5.74) is 3.28. The van der Waals surface area contributed by atoms with Crippen LogP contribution in [0.2, 0.25) is 0 Å². The van der Waals surface area contributed by atoms with Gasteiger partial charge in [0.15, 0.2) is 5.78 Å². The number of halogens is 1. The van der Waals surface area contributed by atoms with Gasteiger partial charge in [0.2, 0.25) is 0 Å². The van der Waals surface area contributed by atoms with Crippen LogP contribution in [0.25, 0.3) is 0 Å². The van der Waals surface area contributed by atoms with E-state index in [0.717, 1.165) is 11.3 Å². The van der Waals surface area contributed by atoms with Crippen LogP contribution in [-0.4, -0.2) is 23.2 Å². The fourth-order valence-electron chi connectivity index (χ4n) is 2.68. The van der Waals surface area contributed by atoms with E-state index in [1.54, 1.807) is 48.7 Å². The first-order valence-corrected chi connectivity index (χ1v) is 8.88. The molecule has 0 saturated carbocycles. The van der Waals surface area contributed by atoms with E-state index in [4.69, 9.17) is 0 Å². The van der Waals surface area contributed by atoms with E-state index in [1.807, 2.05) is 6.07 Å². The lowest BCUT2D eigenvalue weighted by Crippen LogP contribution is -2.26. The molecule has 0 aliphatic rings. The summed E-state index contributed by atoms with van der Waals surface area (Å²) >= 11 is 0. The van der Waals surface area contributed by atoms with Crippen molar-refractivity contribution in [2.24, 2.45) is 0 Å². The molecule has 5 nitrogen and oxygen atoms in total. The van der Waals surface area contributed by atoms with Crippen LogP contribution in [0.15, 0.2) is 66.9 Å². The molecule has 0 bridgehead atoms. The zero-order valence-corrected chi connectivity index (χ0v) is 15.4. The monoisotopic (exact) mass is 377 g/mol. The number of rotatable bonds is 7. The molecular formula is C22H20FN3O2. The van der Waals surface area contributed by atoms with Crippen LogP contribution in [0.5, 0.6) is 0 Å². The summed E-state index contributed by atoms with van der Waals surface area (Å²) in [4.78, 5) is 27.9. The SMILES string of the molecule is CC(=O)c1cccc(Nc2ccnc(C(=O)NCCc3ccc(F)cc3)c2)c1. The third kappa shape index (κ3) is 5.23. The Morgan fingerprint density at radius 3 is 2.50 bits per heavy atom. The minimum Gasteiger partial charge on any atom is -0.355 e. The van der Waals surface area contributed by atoms with Crippen LogP contribution >= 0.6 is 0 Å². The number of nitrogens with zero attached hydrogens (tertiary/aromatic N) is 1. The normalized spacial score (nSPS) is 10.4. The molecular weight excluding hydrogens is 357 g/mol. The van der Waals surface area contributed by atoms with Gasteiger partial charge in [-0.15, -0.1) is 0 Å². The molecule has 1 aromatic heterocycles. The highest BCUT2D eigenvalue weighted by atomic mass is 19.1. The van der Waals surface area contributed by atoms with E-state index < -0.39 is 0 Å². The first kappa shape index (κ1) is 19.2. The Hall–Kier alpha value is -3.54. The Balaban J connectivity index is 1.60. The van der Waals surface area contributed by atoms with E-state index in [1.165, 1.54) is 19.1 Å². The van der Waals surface area contributed by atoms with Crippen LogP contribution in [0.1, 0.15) is 33.3 Å². The molecule has 142 valence electrons. The maximum Gasteiger partial charge on any atom is 0.269 e. The predicted octanol–water partition coefficient (Wildman–Crippen LogP) is 4.14. The number of aromatic nitrogens is 1. The third-order valence-electron chi connectivity index (χ3n) is 4.16. The predicted molar refractivity (Wildman–Crippen MR) is 106 cm³/mol. The first-order valence-electron chi connectivity index (χ1n) is 8.88. The second-order valence-electron chi connectivity index (χ2n) is 6.32. The van der Waals surface area contributed by atoms with Gasteiger partial charge in [-0.25, -0.2) is 4.39 Å². The zero-order chi connectivity index (χ0) is 19.9. The Labute approximate surface area is 162 Å². The van der Waals surface area contributed by atoms with Gasteiger partial charge >= 0.3 is 0 Å². The lowest BCUT2D eigenvalue weighted by molar-refractivity contribution is 0.0948. The van der Waals surface area contributed by atoms with Crippen LogP contribution in [-0.2, 0) is 6.42 Å². The van der Waals surface area contributed by atoms with E-state index in [0.29, 0.717) is 24.2 Å². The maximum absolute atomic E-state index is 12.9. The fraction of sp³-hybridized carbons (Fsp3) is 0.136. The number of carbonyl (C=O) groups excluding carboxylic acids is 2. The van der Waals surface area contributed by atoms with Crippen molar-refractivity contribution in [1.82, 2.24) is 10.3 Å². The highest BCUT2D eigenvalue weighted by Gasteiger charge is 2.08. The largest absolute Gasteiger partial charge is 0.355 e. The molecule has 0 saturated heterocycles. The average Bonchev–Trinajstić information content (AvgIpc) is 2.70. The van der Waals surface area contributed by atoms with Gasteiger partial charge < -0.3 is 10.6 Å². The number of anilines is 2. The topological polar surface area (TPSA) is 71.1 Å². The van der Waals surface area contributed by atoms with Crippen LogP contribution in [0.4, 0.5) is 15.8 Å². The minimum atomic E-state index is -0.289. The van der Waals surface area contributed by atoms with Gasteiger partial charge in [0.25, 0.3) is 5.91 Å². The minimum absolute atomic E-state index is 0.0143. The molecule has 1 amide bonds. The molecule has 2 N–H and O–H groups in total. The summed E-state index contributed by atoms with van der Waals surface area (Å²) in [7, 11) is 0. The summed E-state index contributed by atoms with van der Waals surface area (Å²) in [6.45, 7) is 1.93. The van der Waals surface area contributed by atoms with Gasteiger partial charge in [-0.3, -0.25) is 14.6 Å². The van der Waals surface area contributed by atoms with Crippen molar-refractivity contribution >= 4 is 23.1 Å². The summed E-state index contributed by atoms with van der Waals surface area (Å²) in [6.07, 6.45) is 2.15. The molecule has 28 heavy (non-hydrogen) atoms. The van der Waals surface area contributed by atoms with Crippen molar-refractivity contribution < 1.29 is 14.0 Å². The summed E-state index contributed by atoms with van der Waals surface area (Å²) in [6, 6.07) is 16.7. The van der Waals surface area contributed by atoms with Crippen LogP contribution in [0, 0.1) is 5.82 Å². The standard InChI is InChI=1S/C22H20FN3O2/c1-15(27)17-3-2-4-19(13-17)26-20-10-12-24-21(14-20)22(28)25-11-9-16-5-7-18(23)8-6-16/h2-8,10,12-14H,9,11H2,1H3,(H,24,26)(H,25,28). The maximum atomic E-state index is 12.9. The molecule has 0 spiro atoms. The first-order chi connectivity index (χ1) is 13.5. The van der Waals surface area contributed by atoms with Gasteiger partial charge in [0.1, 0.15) is 11.5 Å². The number of hydrogen-bond acceptors (Lipinski definition) is 4. The highest BCUT2D eigenvalue weighted by Crippen LogP contribution is 2.18. The fourth-order valence-corrected chi connectivity index (χ4v) is 2.68. The molecule has 0 fully saturated rings. The van der Waals surface area contributed by atoms with Gasteiger partial charge in [0, 0.05) is 29.7 Å². The molecule has 0 unspecified atom stereocenters. The molecule has 0 radical (unpaired) electrons. The Morgan fingerprint density at radius 2 is 1.75 bits per heavy atom. The molecule has 0 atom stereocenters. The lowest BCUT2D eigenvalue weighted by atomic mass is 10.1. The Kier molecular flexibility index (Phi) is 6.11. The molecule has 3 aromatic rings. The van der Waals surface area contributed by atoms with Crippen molar-refractivity contribution in [3.63, 3.8) is 0 Å². The number of benzene rings is 2. The van der Waals surface area contributed by atoms with Gasteiger partial charge in [0.05, 0.1) is 0 Å². The van der Waals surface area contributed by atoms with Crippen molar-refractivity contribution in [3.05, 3.63) is 89.5 Å². The van der Waals surface area contributed by atoms with Gasteiger partial charge in [-0.05, 0) is 55.3 Å². The number of amides is 1. The molecule has 0 aliphatic carbocycles. The van der Waals surface area contributed by atoms with Crippen LogP contribution in [0.3, 0.4) is 0 Å². The van der Waals surface area contributed by atoms with E-state index >= 15 is 0 Å². The number of carbonyl (C=O) groups is 2. The summed E-state index contributed by atoms with van der Waals surface area (Å²) < 4.78 is 12.9. The molecule has 1 heterocycles. The smallest absolute Gasteiger partial charge is 0.269 e. The van der Waals surface area contributed by atoms with Gasteiger partial charge in [-0.1, -0.05) is 24.3 Å². The summed E-state index contributed by atoms with van der Waals surface area (Å²) in [5, 5.41) is 5.98. The van der Waals surface area contributed by atoms with Crippen LogP contribution < -0.4 is 10.6 Å². The second-order valence-corrected chi connectivity index (χ2v) is 6.32. The highest BCUT2D eigenvalue weighted by molar-refractivity contribution is 5.95. The van der Waals surface area contributed by atoms with Crippen molar-refractivity contribution in [2.75, 3.05) is 11.9 Å². The third-order valence-corrected chi connectivity index (χ3v) is 4.16. The van der Waals surface area contributed by atoms with Gasteiger partial charge in [-0.2, -0.15) is 0 Å². The number of pyridine rings is 1. The lowest BCUT2D eigenvalue weighted by Gasteiger charge is -2.09. The van der Waals surface area contributed by atoms with Crippen molar-refractivity contribution in [1.29, 1.82) is 0 Å². The molecule has 6 heteroatoms. The summed E-state index contributed by atoms with van der Waals surface area (Å²) in [5.74, 6) is -0.585. The second kappa shape index (κ2) is 8.90. The van der Waals surface area contributed by atoms with E-state index in [-0.39, 0.29) is 23.2 Å². The molecule has 3 rings (SSSR count). The van der Waals surface area contributed by atoms with E-state index in [9.17, 15) is 14.0 Å². The number of ketones is 1.